The molecule has 0 bridgehead atoms. The number of sulfone groups is 1. The van der Waals surface area contributed by atoms with Gasteiger partial charge in [0.1, 0.15) is 5.75 Å². The van der Waals surface area contributed by atoms with Crippen LogP contribution >= 0.6 is 11.6 Å². The van der Waals surface area contributed by atoms with Gasteiger partial charge in [-0.3, -0.25) is 4.79 Å². The summed E-state index contributed by atoms with van der Waals surface area (Å²) in [4.78, 5) is 13.6. The third kappa shape index (κ3) is 2.49. The molecule has 0 spiro atoms. The maximum Gasteiger partial charge on any atom is 0.238 e. The Morgan fingerprint density at radius 3 is 2.68 bits per heavy atom. The summed E-state index contributed by atoms with van der Waals surface area (Å²) in [6.45, 7) is 0.864. The fraction of sp³-hybridized carbons (Fsp3) is 0.462. The third-order valence-electron chi connectivity index (χ3n) is 3.64. The second kappa shape index (κ2) is 4.49. The van der Waals surface area contributed by atoms with Gasteiger partial charge in [0.05, 0.1) is 5.25 Å². The van der Waals surface area contributed by atoms with Gasteiger partial charge in [-0.1, -0.05) is 23.7 Å². The Kier molecular flexibility index (Phi) is 3.06. The number of nitrogens with zero attached hydrogens (tertiary/aromatic N) is 1. The molecular weight excluding hydrogens is 286 g/mol. The number of amides is 1. The standard InChI is InChI=1S/C13H14ClNO3S/c14-12-3-1-2-9-6-15(7-11(9)12)13(16)8-19(17,18)10-4-5-10/h1-3,10H,4-8H2. The highest BCUT2D eigenvalue weighted by molar-refractivity contribution is 7.93. The maximum atomic E-state index is 12.1. The summed E-state index contributed by atoms with van der Waals surface area (Å²) < 4.78 is 23.7. The van der Waals surface area contributed by atoms with Crippen molar-refractivity contribution in [1.82, 2.24) is 4.90 Å². The van der Waals surface area contributed by atoms with Crippen molar-refractivity contribution >= 4 is 27.3 Å². The SMILES string of the molecule is O=C(CS(=O)(=O)C1CC1)N1Cc2cccc(Cl)c2C1. The van der Waals surface area contributed by atoms with E-state index in [2.05, 4.69) is 0 Å². The Morgan fingerprint density at radius 1 is 1.32 bits per heavy atom. The number of hydrogen-bond acceptors (Lipinski definition) is 3. The molecule has 0 unspecified atom stereocenters. The van der Waals surface area contributed by atoms with Crippen molar-refractivity contribution < 1.29 is 13.2 Å². The molecule has 19 heavy (non-hydrogen) atoms. The number of carbonyl (C=O) groups is 1. The van der Waals surface area contributed by atoms with Crippen molar-refractivity contribution in [2.24, 2.45) is 0 Å². The number of benzene rings is 1. The zero-order valence-electron chi connectivity index (χ0n) is 10.3. The highest BCUT2D eigenvalue weighted by Gasteiger charge is 2.38. The lowest BCUT2D eigenvalue weighted by molar-refractivity contribution is -0.129. The smallest absolute Gasteiger partial charge is 0.238 e. The van der Waals surface area contributed by atoms with Crippen molar-refractivity contribution in [3.05, 3.63) is 34.3 Å². The van der Waals surface area contributed by atoms with E-state index >= 15 is 0 Å². The van der Waals surface area contributed by atoms with Gasteiger partial charge in [-0.2, -0.15) is 0 Å². The Bertz CT molecular complexity index is 637. The van der Waals surface area contributed by atoms with Crippen molar-refractivity contribution in [3.63, 3.8) is 0 Å². The van der Waals surface area contributed by atoms with E-state index in [4.69, 9.17) is 11.6 Å². The largest absolute Gasteiger partial charge is 0.333 e. The van der Waals surface area contributed by atoms with Crippen molar-refractivity contribution in [1.29, 1.82) is 0 Å². The molecule has 0 aromatic heterocycles. The maximum absolute atomic E-state index is 12.1. The fourth-order valence-electron chi connectivity index (χ4n) is 2.37. The summed E-state index contributed by atoms with van der Waals surface area (Å²) in [5, 5.41) is 0.350. The van der Waals surface area contributed by atoms with Crippen LogP contribution in [0.1, 0.15) is 24.0 Å². The molecule has 1 aromatic carbocycles. The van der Waals surface area contributed by atoms with Crippen LogP contribution in [-0.4, -0.2) is 30.2 Å². The molecule has 3 rings (SSSR count). The van der Waals surface area contributed by atoms with Gasteiger partial charge < -0.3 is 4.90 Å². The molecular formula is C13H14ClNO3S. The van der Waals surface area contributed by atoms with Crippen molar-refractivity contribution in [3.8, 4) is 0 Å². The van der Waals surface area contributed by atoms with E-state index < -0.39 is 9.84 Å². The van der Waals surface area contributed by atoms with Gasteiger partial charge in [0, 0.05) is 18.1 Å². The zero-order valence-corrected chi connectivity index (χ0v) is 11.9. The number of hydrogen-bond donors (Lipinski definition) is 0. The Balaban J connectivity index is 1.72. The van der Waals surface area contributed by atoms with Gasteiger partial charge in [0.25, 0.3) is 0 Å². The Morgan fingerprint density at radius 2 is 2.05 bits per heavy atom. The average molecular weight is 300 g/mol. The van der Waals surface area contributed by atoms with Crippen LogP contribution in [0.3, 0.4) is 0 Å². The quantitative estimate of drug-likeness (QED) is 0.854. The predicted octanol–water partition coefficient (Wildman–Crippen LogP) is 1.76. The van der Waals surface area contributed by atoms with Crippen LogP contribution in [0.4, 0.5) is 0 Å². The first kappa shape index (κ1) is 12.9. The van der Waals surface area contributed by atoms with Crippen molar-refractivity contribution in [2.75, 3.05) is 5.75 Å². The molecule has 1 fully saturated rings. The molecule has 0 saturated heterocycles. The molecule has 1 heterocycles. The van der Waals surface area contributed by atoms with Crippen LogP contribution in [0.5, 0.6) is 0 Å². The second-order valence-corrected chi connectivity index (χ2v) is 7.82. The molecule has 4 nitrogen and oxygen atoms in total. The average Bonchev–Trinajstić information content (AvgIpc) is 3.10. The van der Waals surface area contributed by atoms with Gasteiger partial charge >= 0.3 is 0 Å². The number of carbonyl (C=O) groups excluding carboxylic acids is 1. The lowest BCUT2D eigenvalue weighted by Crippen LogP contribution is -2.32. The van der Waals surface area contributed by atoms with E-state index in [-0.39, 0.29) is 16.9 Å². The fourth-order valence-corrected chi connectivity index (χ4v) is 4.24. The molecule has 1 amide bonds. The number of halogens is 1. The molecule has 1 aromatic rings. The lowest BCUT2D eigenvalue weighted by atomic mass is 10.1. The summed E-state index contributed by atoms with van der Waals surface area (Å²) >= 11 is 6.08. The minimum atomic E-state index is -3.25. The topological polar surface area (TPSA) is 54.5 Å². The van der Waals surface area contributed by atoms with E-state index in [9.17, 15) is 13.2 Å². The van der Waals surface area contributed by atoms with Gasteiger partial charge in [-0.15, -0.1) is 0 Å². The van der Waals surface area contributed by atoms with Crippen LogP contribution in [0, 0.1) is 0 Å². The van der Waals surface area contributed by atoms with Crippen LogP contribution in [-0.2, 0) is 27.7 Å². The normalized spacial score (nSPS) is 18.5. The van der Waals surface area contributed by atoms with Gasteiger partial charge in [0.15, 0.2) is 9.84 Å². The highest BCUT2D eigenvalue weighted by Crippen LogP contribution is 2.31. The summed E-state index contributed by atoms with van der Waals surface area (Å²) in [6, 6.07) is 5.55. The van der Waals surface area contributed by atoms with Crippen LogP contribution in [0.15, 0.2) is 18.2 Å². The lowest BCUT2D eigenvalue weighted by Gasteiger charge is -2.15. The summed E-state index contributed by atoms with van der Waals surface area (Å²) in [6.07, 6.45) is 1.39. The highest BCUT2D eigenvalue weighted by atomic mass is 35.5. The van der Waals surface area contributed by atoms with Crippen LogP contribution < -0.4 is 0 Å². The van der Waals surface area contributed by atoms with E-state index in [0.717, 1.165) is 11.1 Å². The first-order valence-corrected chi connectivity index (χ1v) is 8.32. The van der Waals surface area contributed by atoms with E-state index in [1.807, 2.05) is 12.1 Å². The van der Waals surface area contributed by atoms with Crippen LogP contribution in [0.25, 0.3) is 0 Å². The van der Waals surface area contributed by atoms with Crippen molar-refractivity contribution in [2.45, 2.75) is 31.2 Å². The zero-order chi connectivity index (χ0) is 13.6. The molecule has 1 saturated carbocycles. The molecule has 102 valence electrons. The summed E-state index contributed by atoms with van der Waals surface area (Å²) in [5.74, 6) is -0.692. The van der Waals surface area contributed by atoms with Gasteiger partial charge in [0.2, 0.25) is 5.91 Å². The predicted molar refractivity (Wildman–Crippen MR) is 72.5 cm³/mol. The van der Waals surface area contributed by atoms with E-state index in [0.29, 0.717) is 31.0 Å². The first-order valence-electron chi connectivity index (χ1n) is 6.23. The van der Waals surface area contributed by atoms with Gasteiger partial charge in [-0.05, 0) is 30.0 Å². The Hall–Kier alpha value is -1.07. The summed E-state index contributed by atoms with van der Waals surface area (Å²) in [7, 11) is -3.25. The van der Waals surface area contributed by atoms with Gasteiger partial charge in [-0.25, -0.2) is 8.42 Å². The number of rotatable bonds is 3. The summed E-state index contributed by atoms with van der Waals surface area (Å²) in [5.41, 5.74) is 1.94. The number of fused-ring (bicyclic) bond motifs is 1. The monoisotopic (exact) mass is 299 g/mol. The third-order valence-corrected chi connectivity index (χ3v) is 6.13. The minimum absolute atomic E-state index is 0.287. The molecule has 0 atom stereocenters. The Labute approximate surface area is 117 Å². The molecule has 2 aliphatic rings. The van der Waals surface area contributed by atoms with E-state index in [1.54, 1.807) is 11.0 Å². The molecule has 0 radical (unpaired) electrons. The van der Waals surface area contributed by atoms with Crippen LogP contribution in [0.2, 0.25) is 5.02 Å². The second-order valence-electron chi connectivity index (χ2n) is 5.13. The molecule has 1 aliphatic carbocycles. The molecule has 0 N–H and O–H groups in total. The molecule has 6 heteroatoms. The first-order chi connectivity index (χ1) is 8.97. The molecule has 1 aliphatic heterocycles. The minimum Gasteiger partial charge on any atom is -0.333 e. The van der Waals surface area contributed by atoms with E-state index in [1.165, 1.54) is 0 Å².